The molecular weight excluding hydrogens is 160 g/mol. The molecule has 0 aliphatic carbocycles. The van der Waals surface area contributed by atoms with Crippen LogP contribution in [0.2, 0.25) is 0 Å². The van der Waals surface area contributed by atoms with Crippen LogP contribution >= 0.6 is 0 Å². The molecule has 0 bridgehead atoms. The Labute approximate surface area is 81.0 Å². The zero-order valence-corrected chi connectivity index (χ0v) is 8.71. The average Bonchev–Trinajstić information content (AvgIpc) is 2.52. The lowest BCUT2D eigenvalue weighted by atomic mass is 10.1. The monoisotopic (exact) mass is 179 g/mol. The van der Waals surface area contributed by atoms with Gasteiger partial charge in [0.2, 0.25) is 0 Å². The molecule has 0 aliphatic heterocycles. The first kappa shape index (κ1) is 10.3. The number of rotatable bonds is 6. The summed E-state index contributed by atoms with van der Waals surface area (Å²) in [6, 6.07) is 0. The maximum absolute atomic E-state index is 4.07. The zero-order valence-electron chi connectivity index (χ0n) is 8.71. The molecule has 1 aromatic heterocycles. The van der Waals surface area contributed by atoms with Gasteiger partial charge in [0.1, 0.15) is 12.0 Å². The molecule has 1 aromatic rings. The third kappa shape index (κ3) is 3.62. The number of imidazole rings is 1. The number of aryl methyl sites for hydroxylation is 2. The van der Waals surface area contributed by atoms with Crippen LogP contribution in [-0.2, 0) is 6.54 Å². The predicted molar refractivity (Wildman–Crippen MR) is 54.6 cm³/mol. The topological polar surface area (TPSA) is 17.8 Å². The number of hydrogen-bond acceptors (Lipinski definition) is 1. The van der Waals surface area contributed by atoms with E-state index in [-0.39, 0.29) is 0 Å². The molecule has 0 amide bonds. The third-order valence-electron chi connectivity index (χ3n) is 2.36. The van der Waals surface area contributed by atoms with Crippen LogP contribution in [0.15, 0.2) is 6.20 Å². The van der Waals surface area contributed by atoms with Gasteiger partial charge in [0.25, 0.3) is 0 Å². The molecule has 1 radical (unpaired) electrons. The molecule has 13 heavy (non-hydrogen) atoms. The van der Waals surface area contributed by atoms with Gasteiger partial charge in [-0.3, -0.25) is 0 Å². The number of unbranched alkanes of at least 4 members (excludes halogenated alkanes) is 4. The zero-order chi connectivity index (χ0) is 9.52. The van der Waals surface area contributed by atoms with Gasteiger partial charge in [-0.15, -0.1) is 0 Å². The molecule has 0 atom stereocenters. The highest BCUT2D eigenvalue weighted by Gasteiger charge is 1.95. The summed E-state index contributed by atoms with van der Waals surface area (Å²) in [5.74, 6) is 1.08. The number of aromatic nitrogens is 2. The summed E-state index contributed by atoms with van der Waals surface area (Å²) in [7, 11) is 0. The fourth-order valence-electron chi connectivity index (χ4n) is 1.46. The SMILES string of the molecule is CCCCCCCn1c[c]nc1C. The lowest BCUT2D eigenvalue weighted by molar-refractivity contribution is 0.560. The van der Waals surface area contributed by atoms with E-state index in [2.05, 4.69) is 22.7 Å². The van der Waals surface area contributed by atoms with Crippen LogP contribution in [0.25, 0.3) is 0 Å². The Balaban J connectivity index is 2.10. The summed E-state index contributed by atoms with van der Waals surface area (Å²) in [5.41, 5.74) is 0. The highest BCUT2D eigenvalue weighted by Crippen LogP contribution is 2.05. The maximum Gasteiger partial charge on any atom is 0.109 e. The minimum atomic E-state index is 1.08. The van der Waals surface area contributed by atoms with Crippen LogP contribution in [0.4, 0.5) is 0 Å². The molecule has 1 heterocycles. The van der Waals surface area contributed by atoms with Crippen molar-refractivity contribution in [3.8, 4) is 0 Å². The summed E-state index contributed by atoms with van der Waals surface area (Å²) < 4.78 is 2.17. The minimum absolute atomic E-state index is 1.08. The first-order valence-electron chi connectivity index (χ1n) is 5.24. The Kier molecular flexibility index (Phi) is 4.58. The second-order valence-corrected chi connectivity index (χ2v) is 3.52. The van der Waals surface area contributed by atoms with Gasteiger partial charge in [-0.1, -0.05) is 32.6 Å². The largest absolute Gasteiger partial charge is 0.334 e. The Morgan fingerprint density at radius 3 is 2.69 bits per heavy atom. The fourth-order valence-corrected chi connectivity index (χ4v) is 1.46. The quantitative estimate of drug-likeness (QED) is 0.614. The van der Waals surface area contributed by atoms with Gasteiger partial charge < -0.3 is 4.57 Å². The molecule has 2 nitrogen and oxygen atoms in total. The molecule has 1 rings (SSSR count). The van der Waals surface area contributed by atoms with Crippen molar-refractivity contribution in [1.82, 2.24) is 9.55 Å². The molecule has 0 saturated carbocycles. The van der Waals surface area contributed by atoms with E-state index >= 15 is 0 Å². The highest BCUT2D eigenvalue weighted by molar-refractivity contribution is 4.86. The molecule has 0 N–H and O–H groups in total. The summed E-state index contributed by atoms with van der Waals surface area (Å²) in [4.78, 5) is 4.07. The Hall–Kier alpha value is -0.790. The molecule has 0 spiro atoms. The standard InChI is InChI=1S/C11H19N2/c1-3-4-5-6-7-9-13-10-8-12-11(13)2/h10H,3-7,9H2,1-2H3. The van der Waals surface area contributed by atoms with Crippen LogP contribution in [0.5, 0.6) is 0 Å². The van der Waals surface area contributed by atoms with Crippen LogP contribution in [0.3, 0.4) is 0 Å². The summed E-state index contributed by atoms with van der Waals surface area (Å²) >= 11 is 0. The van der Waals surface area contributed by atoms with Crippen molar-refractivity contribution in [3.63, 3.8) is 0 Å². The van der Waals surface area contributed by atoms with Crippen molar-refractivity contribution in [1.29, 1.82) is 0 Å². The fraction of sp³-hybridized carbons (Fsp3) is 0.727. The third-order valence-corrected chi connectivity index (χ3v) is 2.36. The number of nitrogens with zero attached hydrogens (tertiary/aromatic N) is 2. The van der Waals surface area contributed by atoms with Crippen LogP contribution in [0.1, 0.15) is 44.9 Å². The minimum Gasteiger partial charge on any atom is -0.334 e. The van der Waals surface area contributed by atoms with Gasteiger partial charge in [0, 0.05) is 12.7 Å². The maximum atomic E-state index is 4.07. The van der Waals surface area contributed by atoms with Gasteiger partial charge >= 0.3 is 0 Å². The van der Waals surface area contributed by atoms with Gasteiger partial charge in [-0.05, 0) is 13.3 Å². The van der Waals surface area contributed by atoms with Crippen molar-refractivity contribution < 1.29 is 0 Å². The van der Waals surface area contributed by atoms with E-state index in [0.717, 1.165) is 12.4 Å². The van der Waals surface area contributed by atoms with Gasteiger partial charge in [0.15, 0.2) is 0 Å². The van der Waals surface area contributed by atoms with Gasteiger partial charge in [-0.2, -0.15) is 0 Å². The molecular formula is C11H19N2. The molecule has 2 heteroatoms. The van der Waals surface area contributed by atoms with Gasteiger partial charge in [-0.25, -0.2) is 4.98 Å². The normalized spacial score (nSPS) is 10.6. The summed E-state index contributed by atoms with van der Waals surface area (Å²) in [6.07, 6.45) is 11.5. The van der Waals surface area contributed by atoms with Crippen molar-refractivity contribution >= 4 is 0 Å². The van der Waals surface area contributed by atoms with Crippen LogP contribution in [-0.4, -0.2) is 9.55 Å². The molecule has 0 aliphatic rings. The molecule has 0 aromatic carbocycles. The average molecular weight is 179 g/mol. The van der Waals surface area contributed by atoms with Crippen molar-refractivity contribution in [3.05, 3.63) is 18.2 Å². The van der Waals surface area contributed by atoms with Crippen LogP contribution < -0.4 is 0 Å². The first-order valence-corrected chi connectivity index (χ1v) is 5.24. The Bertz CT molecular complexity index is 228. The van der Waals surface area contributed by atoms with Gasteiger partial charge in [0.05, 0.1) is 0 Å². The van der Waals surface area contributed by atoms with Crippen LogP contribution in [0, 0.1) is 13.1 Å². The second kappa shape index (κ2) is 5.79. The number of hydrogen-bond donors (Lipinski definition) is 0. The van der Waals surface area contributed by atoms with E-state index in [9.17, 15) is 0 Å². The second-order valence-electron chi connectivity index (χ2n) is 3.52. The predicted octanol–water partition coefficient (Wildman–Crippen LogP) is 2.96. The van der Waals surface area contributed by atoms with E-state index < -0.39 is 0 Å². The lowest BCUT2D eigenvalue weighted by Crippen LogP contribution is -1.98. The van der Waals surface area contributed by atoms with E-state index in [1.54, 1.807) is 0 Å². The van der Waals surface area contributed by atoms with E-state index in [1.165, 1.54) is 32.1 Å². The highest BCUT2D eigenvalue weighted by atomic mass is 15.0. The lowest BCUT2D eigenvalue weighted by Gasteiger charge is -2.03. The van der Waals surface area contributed by atoms with Crippen molar-refractivity contribution in [2.24, 2.45) is 0 Å². The van der Waals surface area contributed by atoms with E-state index in [0.29, 0.717) is 0 Å². The Morgan fingerprint density at radius 1 is 1.31 bits per heavy atom. The summed E-state index contributed by atoms with van der Waals surface area (Å²) in [5, 5.41) is 0. The smallest absolute Gasteiger partial charge is 0.109 e. The molecule has 0 unspecified atom stereocenters. The van der Waals surface area contributed by atoms with E-state index in [1.807, 2.05) is 13.1 Å². The molecule has 73 valence electrons. The first-order chi connectivity index (χ1) is 6.34. The molecule has 0 fully saturated rings. The van der Waals surface area contributed by atoms with Crippen molar-refractivity contribution in [2.45, 2.75) is 52.5 Å². The Morgan fingerprint density at radius 2 is 2.08 bits per heavy atom. The molecule has 0 saturated heterocycles. The summed E-state index contributed by atoms with van der Waals surface area (Å²) in [6.45, 7) is 5.38. The van der Waals surface area contributed by atoms with Crippen molar-refractivity contribution in [2.75, 3.05) is 0 Å². The van der Waals surface area contributed by atoms with E-state index in [4.69, 9.17) is 0 Å².